The molecule has 0 N–H and O–H groups in total. The van der Waals surface area contributed by atoms with Crippen molar-refractivity contribution < 1.29 is 14.3 Å². The number of aromatic nitrogens is 1. The van der Waals surface area contributed by atoms with Gasteiger partial charge in [-0.25, -0.2) is 9.78 Å². The molecule has 1 aliphatic rings. The molecule has 1 aromatic heterocycles. The van der Waals surface area contributed by atoms with Crippen molar-refractivity contribution in [2.24, 2.45) is 0 Å². The summed E-state index contributed by atoms with van der Waals surface area (Å²) >= 11 is 5.95. The van der Waals surface area contributed by atoms with Crippen LogP contribution in [0.15, 0.2) is 72.9 Å². The highest BCUT2D eigenvalue weighted by atomic mass is 35.5. The first kappa shape index (κ1) is 16.4. The van der Waals surface area contributed by atoms with Gasteiger partial charge in [0.1, 0.15) is 12.4 Å². The van der Waals surface area contributed by atoms with E-state index in [1.165, 1.54) is 0 Å². The fourth-order valence-electron chi connectivity index (χ4n) is 2.87. The molecule has 1 aliphatic heterocycles. The Morgan fingerprint density at radius 3 is 2.69 bits per heavy atom. The van der Waals surface area contributed by atoms with Crippen LogP contribution in [0.1, 0.15) is 11.6 Å². The minimum absolute atomic E-state index is 0.240. The van der Waals surface area contributed by atoms with Gasteiger partial charge in [-0.05, 0) is 48.0 Å². The van der Waals surface area contributed by atoms with E-state index in [4.69, 9.17) is 21.1 Å². The van der Waals surface area contributed by atoms with Gasteiger partial charge in [0.15, 0.2) is 0 Å². The van der Waals surface area contributed by atoms with Crippen LogP contribution in [0.25, 0.3) is 0 Å². The maximum absolute atomic E-state index is 12.2. The highest BCUT2D eigenvalue weighted by molar-refractivity contribution is 6.30. The molecule has 0 aliphatic carbocycles. The van der Waals surface area contributed by atoms with E-state index < -0.39 is 0 Å². The van der Waals surface area contributed by atoms with E-state index in [1.807, 2.05) is 36.4 Å². The Kier molecular flexibility index (Phi) is 4.46. The van der Waals surface area contributed by atoms with Crippen molar-refractivity contribution >= 4 is 23.4 Å². The predicted octanol–water partition coefficient (Wildman–Crippen LogP) is 5.23. The van der Waals surface area contributed by atoms with Crippen LogP contribution in [0, 0.1) is 0 Å². The maximum atomic E-state index is 12.2. The van der Waals surface area contributed by atoms with Crippen molar-refractivity contribution in [1.29, 1.82) is 0 Å². The number of carbonyl (C=O) groups is 1. The first-order valence-corrected chi connectivity index (χ1v) is 8.49. The van der Waals surface area contributed by atoms with Crippen LogP contribution in [-0.2, 0) is 4.74 Å². The number of hydrogen-bond acceptors (Lipinski definition) is 4. The summed E-state index contributed by atoms with van der Waals surface area (Å²) < 4.78 is 11.1. The van der Waals surface area contributed by atoms with Gasteiger partial charge in [0.2, 0.25) is 5.88 Å². The average Bonchev–Trinajstić information content (AvgIpc) is 3.05. The third kappa shape index (κ3) is 3.34. The van der Waals surface area contributed by atoms with Crippen LogP contribution in [-0.4, -0.2) is 17.7 Å². The molecule has 0 bridgehead atoms. The molecule has 4 rings (SSSR count). The van der Waals surface area contributed by atoms with Crippen molar-refractivity contribution in [3.63, 3.8) is 0 Å². The number of carbonyl (C=O) groups excluding carboxylic acids is 1. The summed E-state index contributed by atoms with van der Waals surface area (Å²) in [5.41, 5.74) is 1.65. The van der Waals surface area contributed by atoms with Crippen LogP contribution in [0.4, 0.5) is 10.5 Å². The first-order chi connectivity index (χ1) is 12.7. The molecule has 5 nitrogen and oxygen atoms in total. The monoisotopic (exact) mass is 366 g/mol. The van der Waals surface area contributed by atoms with E-state index in [1.54, 1.807) is 41.4 Å². The molecule has 3 aromatic rings. The second kappa shape index (κ2) is 7.06. The fraction of sp³-hybridized carbons (Fsp3) is 0.100. The molecule has 0 radical (unpaired) electrons. The number of amides is 1. The van der Waals surface area contributed by atoms with Crippen molar-refractivity contribution in [3.8, 4) is 11.6 Å². The Morgan fingerprint density at radius 1 is 1.08 bits per heavy atom. The molecule has 0 spiro atoms. The summed E-state index contributed by atoms with van der Waals surface area (Å²) in [6.07, 6.45) is 1.29. The average molecular weight is 367 g/mol. The summed E-state index contributed by atoms with van der Waals surface area (Å²) in [5, 5.41) is 0.614. The molecule has 26 heavy (non-hydrogen) atoms. The molecule has 1 atom stereocenters. The summed E-state index contributed by atoms with van der Waals surface area (Å²) in [6, 6.07) is 19.9. The molecular weight excluding hydrogens is 352 g/mol. The Morgan fingerprint density at radius 2 is 1.92 bits per heavy atom. The molecule has 2 aromatic carbocycles. The molecule has 6 heteroatoms. The van der Waals surface area contributed by atoms with Crippen LogP contribution in [0.2, 0.25) is 5.02 Å². The van der Waals surface area contributed by atoms with Gasteiger partial charge in [-0.15, -0.1) is 0 Å². The lowest BCUT2D eigenvalue weighted by molar-refractivity contribution is 0.179. The van der Waals surface area contributed by atoms with Gasteiger partial charge in [0.05, 0.1) is 6.04 Å². The first-order valence-electron chi connectivity index (χ1n) is 8.11. The molecule has 0 saturated carbocycles. The van der Waals surface area contributed by atoms with Gasteiger partial charge < -0.3 is 9.47 Å². The number of hydrogen-bond donors (Lipinski definition) is 0. The summed E-state index contributed by atoms with van der Waals surface area (Å²) in [7, 11) is 0. The molecule has 1 saturated heterocycles. The van der Waals surface area contributed by atoms with Crippen molar-refractivity contribution in [2.75, 3.05) is 11.5 Å². The van der Waals surface area contributed by atoms with Crippen LogP contribution in [0.3, 0.4) is 0 Å². The number of halogens is 1. The number of rotatable bonds is 4. The van der Waals surface area contributed by atoms with E-state index in [0.29, 0.717) is 16.7 Å². The predicted molar refractivity (Wildman–Crippen MR) is 98.8 cm³/mol. The third-order valence-electron chi connectivity index (χ3n) is 4.08. The fourth-order valence-corrected chi connectivity index (χ4v) is 2.99. The normalized spacial score (nSPS) is 16.4. The Hall–Kier alpha value is -3.05. The van der Waals surface area contributed by atoms with Crippen LogP contribution < -0.4 is 9.64 Å². The lowest BCUT2D eigenvalue weighted by Crippen LogP contribution is -2.27. The summed E-state index contributed by atoms with van der Waals surface area (Å²) in [6.45, 7) is 0.272. The van der Waals surface area contributed by atoms with Crippen molar-refractivity contribution in [2.45, 2.75) is 6.04 Å². The zero-order valence-electron chi connectivity index (χ0n) is 13.7. The Bertz CT molecular complexity index is 916. The standard InChI is InChI=1S/C20H15ClN2O3/c21-15-7-9-16(10-8-15)23-18(13-25-20(23)24)14-4-3-5-17(12-14)26-19-6-1-2-11-22-19/h1-12,18H,13H2/t18-/m1/s1. The highest BCUT2D eigenvalue weighted by Crippen LogP contribution is 2.35. The number of benzene rings is 2. The van der Waals surface area contributed by atoms with Gasteiger partial charge in [0.25, 0.3) is 0 Å². The molecule has 1 amide bonds. The molecule has 0 unspecified atom stereocenters. The summed E-state index contributed by atoms with van der Waals surface area (Å²) in [4.78, 5) is 18.0. The van der Waals surface area contributed by atoms with Crippen LogP contribution >= 0.6 is 11.6 Å². The maximum Gasteiger partial charge on any atom is 0.415 e. The van der Waals surface area contributed by atoms with E-state index in [0.717, 1.165) is 11.3 Å². The van der Waals surface area contributed by atoms with Gasteiger partial charge in [0, 0.05) is 23.0 Å². The number of cyclic esters (lactones) is 1. The number of ether oxygens (including phenoxy) is 2. The molecule has 2 heterocycles. The highest BCUT2D eigenvalue weighted by Gasteiger charge is 2.35. The zero-order valence-corrected chi connectivity index (χ0v) is 14.5. The lowest BCUT2D eigenvalue weighted by atomic mass is 10.1. The topological polar surface area (TPSA) is 51.7 Å². The van der Waals surface area contributed by atoms with E-state index in [-0.39, 0.29) is 18.7 Å². The SMILES string of the molecule is O=C1OC[C@H](c2cccc(Oc3ccccn3)c2)N1c1ccc(Cl)cc1. The van der Waals surface area contributed by atoms with Crippen molar-refractivity contribution in [1.82, 2.24) is 4.98 Å². The molecular formula is C20H15ClN2O3. The quantitative estimate of drug-likeness (QED) is 0.634. The number of nitrogens with zero attached hydrogens (tertiary/aromatic N) is 2. The van der Waals surface area contributed by atoms with E-state index >= 15 is 0 Å². The Labute approximate surface area is 155 Å². The zero-order chi connectivity index (χ0) is 17.9. The lowest BCUT2D eigenvalue weighted by Gasteiger charge is -2.22. The number of pyridine rings is 1. The van der Waals surface area contributed by atoms with Gasteiger partial charge in [-0.1, -0.05) is 29.8 Å². The van der Waals surface area contributed by atoms with E-state index in [2.05, 4.69) is 4.98 Å². The Balaban J connectivity index is 1.62. The van der Waals surface area contributed by atoms with Crippen LogP contribution in [0.5, 0.6) is 11.6 Å². The number of anilines is 1. The molecule has 1 fully saturated rings. The summed E-state index contributed by atoms with van der Waals surface area (Å²) in [5.74, 6) is 1.16. The minimum atomic E-state index is -0.381. The largest absolute Gasteiger partial charge is 0.447 e. The van der Waals surface area contributed by atoms with Gasteiger partial charge in [-0.2, -0.15) is 0 Å². The van der Waals surface area contributed by atoms with Gasteiger partial charge in [-0.3, -0.25) is 4.90 Å². The molecule has 130 valence electrons. The smallest absolute Gasteiger partial charge is 0.415 e. The second-order valence-electron chi connectivity index (χ2n) is 5.78. The van der Waals surface area contributed by atoms with Gasteiger partial charge >= 0.3 is 6.09 Å². The van der Waals surface area contributed by atoms with Crippen molar-refractivity contribution in [3.05, 3.63) is 83.5 Å². The van der Waals surface area contributed by atoms with E-state index in [9.17, 15) is 4.79 Å². The minimum Gasteiger partial charge on any atom is -0.447 e. The third-order valence-corrected chi connectivity index (χ3v) is 4.33. The second-order valence-corrected chi connectivity index (χ2v) is 6.22.